The maximum absolute atomic E-state index is 11.7. The lowest BCUT2D eigenvalue weighted by Gasteiger charge is -2.17. The topological polar surface area (TPSA) is 41.6 Å². The molecule has 2 unspecified atom stereocenters. The van der Waals surface area contributed by atoms with Gasteiger partial charge in [0.1, 0.15) is 0 Å². The summed E-state index contributed by atoms with van der Waals surface area (Å²) in [6, 6.07) is 0. The summed E-state index contributed by atoms with van der Waals surface area (Å²) in [5.74, 6) is 1.71. The van der Waals surface area contributed by atoms with Gasteiger partial charge in [0.15, 0.2) is 0 Å². The van der Waals surface area contributed by atoms with Crippen molar-refractivity contribution >= 4 is 18.5 Å². The highest BCUT2D eigenvalue weighted by atomic mass is 35.5. The number of halogens is 1. The van der Waals surface area contributed by atoms with Crippen molar-refractivity contribution in [3.63, 3.8) is 0 Å². The van der Waals surface area contributed by atoms with Gasteiger partial charge in [-0.15, -0.1) is 12.4 Å². The summed E-state index contributed by atoms with van der Waals surface area (Å²) in [6.45, 7) is 8.48. The molecule has 2 heterocycles. The second-order valence-corrected chi connectivity index (χ2v) is 5.05. The molecule has 0 aromatic carbocycles. The quantitative estimate of drug-likeness (QED) is 0.802. The van der Waals surface area contributed by atoms with Gasteiger partial charge in [-0.25, -0.2) is 4.79 Å². The molecule has 0 aromatic heterocycles. The van der Waals surface area contributed by atoms with Crippen LogP contribution in [-0.4, -0.2) is 43.8 Å². The predicted molar refractivity (Wildman–Crippen MR) is 64.9 cm³/mol. The normalized spacial score (nSPS) is 27.8. The Kier molecular flexibility index (Phi) is 4.87. The van der Waals surface area contributed by atoms with E-state index in [2.05, 4.69) is 19.2 Å². The molecule has 2 saturated heterocycles. The lowest BCUT2D eigenvalue weighted by Crippen LogP contribution is -2.33. The van der Waals surface area contributed by atoms with E-state index < -0.39 is 0 Å². The van der Waals surface area contributed by atoms with Crippen molar-refractivity contribution in [2.75, 3.05) is 32.8 Å². The molecule has 0 radical (unpaired) electrons. The van der Waals surface area contributed by atoms with E-state index in [1.807, 2.05) is 4.90 Å². The molecule has 0 aliphatic carbocycles. The van der Waals surface area contributed by atoms with Gasteiger partial charge in [0, 0.05) is 26.2 Å². The fraction of sp³-hybridized carbons (Fsp3) is 0.909. The Morgan fingerprint density at radius 2 is 1.94 bits per heavy atom. The van der Waals surface area contributed by atoms with Crippen LogP contribution in [0, 0.1) is 17.8 Å². The van der Waals surface area contributed by atoms with Crippen molar-refractivity contribution < 1.29 is 9.53 Å². The molecule has 1 amide bonds. The van der Waals surface area contributed by atoms with Crippen LogP contribution in [-0.2, 0) is 4.74 Å². The zero-order valence-corrected chi connectivity index (χ0v) is 10.8. The third-order valence-electron chi connectivity index (χ3n) is 3.19. The molecule has 0 saturated carbocycles. The van der Waals surface area contributed by atoms with Crippen LogP contribution in [0.4, 0.5) is 4.79 Å². The minimum Gasteiger partial charge on any atom is -0.449 e. The lowest BCUT2D eigenvalue weighted by molar-refractivity contribution is 0.0972. The summed E-state index contributed by atoms with van der Waals surface area (Å²) < 4.78 is 5.22. The summed E-state index contributed by atoms with van der Waals surface area (Å²) in [4.78, 5) is 13.5. The molecule has 2 atom stereocenters. The number of hydrogen-bond acceptors (Lipinski definition) is 3. The largest absolute Gasteiger partial charge is 0.449 e. The van der Waals surface area contributed by atoms with Gasteiger partial charge in [-0.1, -0.05) is 13.8 Å². The number of nitrogens with one attached hydrogen (secondary N) is 1. The number of fused-ring (bicyclic) bond motifs is 1. The zero-order chi connectivity index (χ0) is 10.8. The lowest BCUT2D eigenvalue weighted by atomic mass is 10.0. The second-order valence-electron chi connectivity index (χ2n) is 5.05. The number of rotatable bonds is 2. The maximum Gasteiger partial charge on any atom is 0.409 e. The monoisotopic (exact) mass is 248 g/mol. The van der Waals surface area contributed by atoms with Gasteiger partial charge in [0.25, 0.3) is 0 Å². The molecule has 0 bridgehead atoms. The van der Waals surface area contributed by atoms with Crippen LogP contribution < -0.4 is 5.32 Å². The molecule has 1 N–H and O–H groups in total. The summed E-state index contributed by atoms with van der Waals surface area (Å²) in [7, 11) is 0. The number of likely N-dealkylation sites (tertiary alicyclic amines) is 1. The molecule has 94 valence electrons. The average molecular weight is 249 g/mol. The Hall–Kier alpha value is -0.480. The molecule has 16 heavy (non-hydrogen) atoms. The minimum atomic E-state index is -0.127. The van der Waals surface area contributed by atoms with E-state index in [9.17, 15) is 4.79 Å². The minimum absolute atomic E-state index is 0. The number of carbonyl (C=O) groups is 1. The summed E-state index contributed by atoms with van der Waals surface area (Å²) >= 11 is 0. The zero-order valence-electron chi connectivity index (χ0n) is 9.94. The molecule has 2 aliphatic heterocycles. The van der Waals surface area contributed by atoms with Crippen LogP contribution in [0.2, 0.25) is 0 Å². The van der Waals surface area contributed by atoms with Crippen LogP contribution in [0.25, 0.3) is 0 Å². The third kappa shape index (κ3) is 3.01. The smallest absolute Gasteiger partial charge is 0.409 e. The van der Waals surface area contributed by atoms with Gasteiger partial charge in [-0.05, 0) is 17.8 Å². The van der Waals surface area contributed by atoms with Gasteiger partial charge in [-0.2, -0.15) is 0 Å². The van der Waals surface area contributed by atoms with E-state index in [4.69, 9.17) is 4.74 Å². The second kappa shape index (κ2) is 5.73. The van der Waals surface area contributed by atoms with Crippen molar-refractivity contribution in [1.82, 2.24) is 10.2 Å². The van der Waals surface area contributed by atoms with E-state index in [0.717, 1.165) is 26.2 Å². The first-order chi connectivity index (χ1) is 7.16. The molecule has 4 nitrogen and oxygen atoms in total. The van der Waals surface area contributed by atoms with Crippen molar-refractivity contribution in [3.05, 3.63) is 0 Å². The van der Waals surface area contributed by atoms with Gasteiger partial charge < -0.3 is 15.0 Å². The standard InChI is InChI=1S/C11H20N2O2.ClH/c1-8(2)7-15-11(14)13-5-9-3-12-4-10(9)6-13;/h8-10,12H,3-7H2,1-2H3;1H. The molecule has 2 fully saturated rings. The molecular weight excluding hydrogens is 228 g/mol. The molecule has 0 aromatic rings. The Morgan fingerprint density at radius 3 is 2.44 bits per heavy atom. The summed E-state index contributed by atoms with van der Waals surface area (Å²) in [6.07, 6.45) is -0.127. The average Bonchev–Trinajstić information content (AvgIpc) is 2.72. The number of amides is 1. The van der Waals surface area contributed by atoms with E-state index in [0.29, 0.717) is 24.4 Å². The van der Waals surface area contributed by atoms with Crippen molar-refractivity contribution in [2.45, 2.75) is 13.8 Å². The van der Waals surface area contributed by atoms with Crippen LogP contribution in [0.5, 0.6) is 0 Å². The first kappa shape index (κ1) is 13.6. The first-order valence-electron chi connectivity index (χ1n) is 5.79. The Morgan fingerprint density at radius 1 is 1.38 bits per heavy atom. The predicted octanol–water partition coefficient (Wildman–Crippen LogP) is 1.35. The fourth-order valence-corrected chi connectivity index (χ4v) is 2.33. The highest BCUT2D eigenvalue weighted by Gasteiger charge is 2.38. The van der Waals surface area contributed by atoms with E-state index in [1.165, 1.54) is 0 Å². The highest BCUT2D eigenvalue weighted by Crippen LogP contribution is 2.26. The summed E-state index contributed by atoms with van der Waals surface area (Å²) in [5, 5.41) is 3.36. The number of ether oxygens (including phenoxy) is 1. The Labute approximate surface area is 103 Å². The highest BCUT2D eigenvalue weighted by molar-refractivity contribution is 5.85. The van der Waals surface area contributed by atoms with Crippen LogP contribution >= 0.6 is 12.4 Å². The summed E-state index contributed by atoms with van der Waals surface area (Å²) in [5.41, 5.74) is 0. The van der Waals surface area contributed by atoms with E-state index in [1.54, 1.807) is 0 Å². The maximum atomic E-state index is 11.7. The van der Waals surface area contributed by atoms with Crippen molar-refractivity contribution in [3.8, 4) is 0 Å². The first-order valence-corrected chi connectivity index (χ1v) is 5.79. The fourth-order valence-electron chi connectivity index (χ4n) is 2.33. The number of nitrogens with zero attached hydrogens (tertiary/aromatic N) is 1. The van der Waals surface area contributed by atoms with Crippen LogP contribution in [0.3, 0.4) is 0 Å². The Balaban J connectivity index is 0.00000128. The van der Waals surface area contributed by atoms with Crippen molar-refractivity contribution in [2.24, 2.45) is 17.8 Å². The van der Waals surface area contributed by atoms with E-state index in [-0.39, 0.29) is 18.5 Å². The van der Waals surface area contributed by atoms with Crippen molar-refractivity contribution in [1.29, 1.82) is 0 Å². The van der Waals surface area contributed by atoms with Crippen LogP contribution in [0.15, 0.2) is 0 Å². The number of carbonyl (C=O) groups excluding carboxylic acids is 1. The van der Waals surface area contributed by atoms with Gasteiger partial charge in [0.2, 0.25) is 0 Å². The third-order valence-corrected chi connectivity index (χ3v) is 3.19. The molecule has 5 heteroatoms. The number of hydrogen-bond donors (Lipinski definition) is 1. The Bertz CT molecular complexity index is 236. The van der Waals surface area contributed by atoms with E-state index >= 15 is 0 Å². The van der Waals surface area contributed by atoms with Gasteiger partial charge in [0.05, 0.1) is 6.61 Å². The van der Waals surface area contributed by atoms with Gasteiger partial charge in [-0.3, -0.25) is 0 Å². The molecule has 2 rings (SSSR count). The van der Waals surface area contributed by atoms with Gasteiger partial charge >= 0.3 is 6.09 Å². The molecular formula is C11H21ClN2O2. The molecule has 0 spiro atoms. The SMILES string of the molecule is CC(C)COC(=O)N1CC2CNCC2C1.Cl. The molecule has 2 aliphatic rings. The van der Waals surface area contributed by atoms with Crippen LogP contribution in [0.1, 0.15) is 13.8 Å².